The Labute approximate surface area is 112 Å². The van der Waals surface area contributed by atoms with Gasteiger partial charge in [0.05, 0.1) is 6.42 Å². The van der Waals surface area contributed by atoms with Crippen molar-refractivity contribution in [1.82, 2.24) is 9.97 Å². The summed E-state index contributed by atoms with van der Waals surface area (Å²) in [7, 11) is 0. The van der Waals surface area contributed by atoms with E-state index in [0.717, 1.165) is 0 Å². The first kappa shape index (κ1) is 13.7. The van der Waals surface area contributed by atoms with E-state index in [1.54, 1.807) is 6.07 Å². The number of H-pyrrole nitrogens is 1. The van der Waals surface area contributed by atoms with Gasteiger partial charge in [0.25, 0.3) is 5.56 Å². The van der Waals surface area contributed by atoms with Gasteiger partial charge in [-0.25, -0.2) is 9.37 Å². The van der Waals surface area contributed by atoms with Crippen molar-refractivity contribution in [2.24, 2.45) is 0 Å². The highest BCUT2D eigenvalue weighted by atomic mass is 19.1. The topological polar surface area (TPSA) is 92.3 Å². The Balaban J connectivity index is 2.08. The maximum absolute atomic E-state index is 13.3. The summed E-state index contributed by atoms with van der Waals surface area (Å²) in [4.78, 5) is 28.3. The molecular weight excluding hydrogens is 267 g/mol. The van der Waals surface area contributed by atoms with Gasteiger partial charge in [0.2, 0.25) is 0 Å². The number of nitrogens with one attached hydrogen (secondary N) is 1. The van der Waals surface area contributed by atoms with Crippen molar-refractivity contribution in [2.45, 2.75) is 13.0 Å². The molecule has 0 unspecified atom stereocenters. The largest absolute Gasteiger partial charge is 0.483 e. The van der Waals surface area contributed by atoms with E-state index in [1.165, 1.54) is 24.4 Å². The molecule has 6 nitrogen and oxygen atoms in total. The summed E-state index contributed by atoms with van der Waals surface area (Å²) < 4.78 is 18.5. The highest BCUT2D eigenvalue weighted by Crippen LogP contribution is 2.16. The Hall–Kier alpha value is -2.70. The fourth-order valence-electron chi connectivity index (χ4n) is 1.53. The molecule has 0 radical (unpaired) electrons. The molecule has 0 aliphatic heterocycles. The van der Waals surface area contributed by atoms with Gasteiger partial charge in [0.1, 0.15) is 12.4 Å². The van der Waals surface area contributed by atoms with Crippen LogP contribution in [0.1, 0.15) is 11.4 Å². The molecule has 7 heteroatoms. The minimum Gasteiger partial charge on any atom is -0.483 e. The number of hydrogen-bond acceptors (Lipinski definition) is 4. The number of aliphatic carboxylic acids is 1. The third kappa shape index (κ3) is 3.41. The van der Waals surface area contributed by atoms with Crippen LogP contribution in [0.2, 0.25) is 0 Å². The fraction of sp³-hybridized carbons (Fsp3) is 0.154. The maximum atomic E-state index is 13.3. The van der Waals surface area contributed by atoms with E-state index in [9.17, 15) is 14.0 Å². The van der Waals surface area contributed by atoms with Crippen LogP contribution in [0.25, 0.3) is 0 Å². The zero-order chi connectivity index (χ0) is 14.5. The highest BCUT2D eigenvalue weighted by Gasteiger charge is 2.08. The van der Waals surface area contributed by atoms with Crippen LogP contribution in [0.5, 0.6) is 5.75 Å². The minimum absolute atomic E-state index is 0.0461. The van der Waals surface area contributed by atoms with Crippen molar-refractivity contribution in [2.75, 3.05) is 0 Å². The van der Waals surface area contributed by atoms with Crippen molar-refractivity contribution >= 4 is 5.97 Å². The number of ether oxygens (including phenoxy) is 1. The van der Waals surface area contributed by atoms with Crippen LogP contribution >= 0.6 is 0 Å². The molecule has 1 heterocycles. The molecule has 0 saturated carbocycles. The molecule has 104 valence electrons. The predicted molar refractivity (Wildman–Crippen MR) is 66.9 cm³/mol. The Morgan fingerprint density at radius 2 is 2.15 bits per heavy atom. The first-order valence-electron chi connectivity index (χ1n) is 5.72. The molecule has 0 amide bonds. The molecular formula is C13H11FN2O4. The number of hydrogen-bond donors (Lipinski definition) is 2. The first-order valence-corrected chi connectivity index (χ1v) is 5.72. The van der Waals surface area contributed by atoms with Crippen LogP contribution in [0, 0.1) is 5.82 Å². The molecule has 0 bridgehead atoms. The zero-order valence-electron chi connectivity index (χ0n) is 10.3. The van der Waals surface area contributed by atoms with Gasteiger partial charge in [0.15, 0.2) is 11.6 Å². The smallest absolute Gasteiger partial charge is 0.308 e. The lowest BCUT2D eigenvalue weighted by molar-refractivity contribution is -0.136. The lowest BCUT2D eigenvalue weighted by Gasteiger charge is -2.06. The zero-order valence-corrected chi connectivity index (χ0v) is 10.3. The number of carboxylic acid groups (broad SMARTS) is 1. The highest BCUT2D eigenvalue weighted by molar-refractivity contribution is 5.69. The maximum Gasteiger partial charge on any atom is 0.308 e. The average Bonchev–Trinajstić information content (AvgIpc) is 2.40. The minimum atomic E-state index is -1.12. The summed E-state index contributed by atoms with van der Waals surface area (Å²) in [6, 6.07) is 5.85. The Bertz CT molecular complexity index is 684. The number of benzene rings is 1. The molecule has 20 heavy (non-hydrogen) atoms. The molecule has 1 aromatic carbocycles. The van der Waals surface area contributed by atoms with E-state index >= 15 is 0 Å². The fourth-order valence-corrected chi connectivity index (χ4v) is 1.53. The summed E-state index contributed by atoms with van der Waals surface area (Å²) in [5, 5.41) is 8.60. The Kier molecular flexibility index (Phi) is 4.09. The SMILES string of the molecule is O=C(O)Cc1cnc(COc2ccccc2F)[nH]c1=O. The molecule has 0 aliphatic rings. The molecule has 0 saturated heterocycles. The van der Waals surface area contributed by atoms with E-state index in [0.29, 0.717) is 0 Å². The number of halogens is 1. The Morgan fingerprint density at radius 1 is 1.40 bits per heavy atom. The number of aromatic nitrogens is 2. The van der Waals surface area contributed by atoms with Gasteiger partial charge < -0.3 is 14.8 Å². The average molecular weight is 278 g/mol. The summed E-state index contributed by atoms with van der Waals surface area (Å²) in [5.74, 6) is -1.40. The predicted octanol–water partition coefficient (Wildman–Crippen LogP) is 1.12. The van der Waals surface area contributed by atoms with Crippen molar-refractivity contribution in [3.8, 4) is 5.75 Å². The van der Waals surface area contributed by atoms with Crippen molar-refractivity contribution in [3.63, 3.8) is 0 Å². The number of carbonyl (C=O) groups is 1. The molecule has 2 N–H and O–H groups in total. The lowest BCUT2D eigenvalue weighted by Crippen LogP contribution is -2.19. The second-order valence-electron chi connectivity index (χ2n) is 3.97. The van der Waals surface area contributed by atoms with Crippen LogP contribution in [0.3, 0.4) is 0 Å². The van der Waals surface area contributed by atoms with Crippen LogP contribution in [-0.2, 0) is 17.8 Å². The van der Waals surface area contributed by atoms with Gasteiger partial charge in [-0.15, -0.1) is 0 Å². The van der Waals surface area contributed by atoms with E-state index in [-0.39, 0.29) is 23.7 Å². The number of nitrogens with zero attached hydrogens (tertiary/aromatic N) is 1. The number of para-hydroxylation sites is 1. The molecule has 0 aliphatic carbocycles. The molecule has 2 rings (SSSR count). The summed E-state index contributed by atoms with van der Waals surface area (Å²) in [5.41, 5.74) is -0.498. The van der Waals surface area contributed by atoms with E-state index in [2.05, 4.69) is 9.97 Å². The number of rotatable bonds is 5. The molecule has 2 aromatic rings. The van der Waals surface area contributed by atoms with Crippen molar-refractivity contribution in [1.29, 1.82) is 0 Å². The summed E-state index contributed by atoms with van der Waals surface area (Å²) >= 11 is 0. The first-order chi connectivity index (χ1) is 9.56. The summed E-state index contributed by atoms with van der Waals surface area (Å²) in [6.45, 7) is -0.122. The van der Waals surface area contributed by atoms with E-state index < -0.39 is 23.8 Å². The van der Waals surface area contributed by atoms with E-state index in [1.807, 2.05) is 0 Å². The molecule has 0 spiro atoms. The van der Waals surface area contributed by atoms with Gasteiger partial charge in [0, 0.05) is 11.8 Å². The second-order valence-corrected chi connectivity index (χ2v) is 3.97. The molecule has 0 atom stereocenters. The van der Waals surface area contributed by atoms with Crippen LogP contribution < -0.4 is 10.3 Å². The van der Waals surface area contributed by atoms with Gasteiger partial charge >= 0.3 is 5.97 Å². The van der Waals surface area contributed by atoms with Crippen LogP contribution in [0.15, 0.2) is 35.3 Å². The monoisotopic (exact) mass is 278 g/mol. The van der Waals surface area contributed by atoms with Crippen molar-refractivity contribution < 1.29 is 19.0 Å². The van der Waals surface area contributed by atoms with Gasteiger partial charge in [-0.3, -0.25) is 9.59 Å². The third-order valence-electron chi connectivity index (χ3n) is 2.47. The van der Waals surface area contributed by atoms with Gasteiger partial charge in [-0.2, -0.15) is 0 Å². The van der Waals surface area contributed by atoms with Gasteiger partial charge in [-0.1, -0.05) is 12.1 Å². The van der Waals surface area contributed by atoms with Crippen LogP contribution in [-0.4, -0.2) is 21.0 Å². The second kappa shape index (κ2) is 5.96. The van der Waals surface area contributed by atoms with Gasteiger partial charge in [-0.05, 0) is 12.1 Å². The van der Waals surface area contributed by atoms with Crippen molar-refractivity contribution in [3.05, 3.63) is 58.0 Å². The summed E-state index contributed by atoms with van der Waals surface area (Å²) in [6.07, 6.45) is 0.768. The normalized spacial score (nSPS) is 10.2. The quantitative estimate of drug-likeness (QED) is 0.854. The Morgan fingerprint density at radius 3 is 2.80 bits per heavy atom. The molecule has 1 aromatic heterocycles. The van der Waals surface area contributed by atoms with Crippen LogP contribution in [0.4, 0.5) is 4.39 Å². The van der Waals surface area contributed by atoms with E-state index in [4.69, 9.17) is 9.84 Å². The lowest BCUT2D eigenvalue weighted by atomic mass is 10.2. The number of carboxylic acids is 1. The third-order valence-corrected chi connectivity index (χ3v) is 2.47. The number of aromatic amines is 1. The molecule has 0 fully saturated rings. The standard InChI is InChI=1S/C13H11FN2O4/c14-9-3-1-2-4-10(9)20-7-11-15-6-8(5-12(17)18)13(19)16-11/h1-4,6H,5,7H2,(H,17,18)(H,15,16,19).